The lowest BCUT2D eigenvalue weighted by atomic mass is 9.85. The lowest BCUT2D eigenvalue weighted by molar-refractivity contribution is -0.147. The van der Waals surface area contributed by atoms with Crippen molar-refractivity contribution in [1.82, 2.24) is 0 Å². The van der Waals surface area contributed by atoms with Crippen LogP contribution in [0.1, 0.15) is 24.8 Å². The maximum atomic E-state index is 11.5. The zero-order valence-electron chi connectivity index (χ0n) is 9.07. The van der Waals surface area contributed by atoms with Crippen LogP contribution in [-0.2, 0) is 9.53 Å². The van der Waals surface area contributed by atoms with E-state index in [4.69, 9.17) is 4.74 Å². The molecule has 0 amide bonds. The molecule has 2 atom stereocenters. The quantitative estimate of drug-likeness (QED) is 0.582. The highest BCUT2D eigenvalue weighted by atomic mass is 79.9. The number of cyclic esters (lactones) is 1. The van der Waals surface area contributed by atoms with Crippen LogP contribution >= 0.6 is 15.9 Å². The van der Waals surface area contributed by atoms with Crippen molar-refractivity contribution in [2.75, 3.05) is 0 Å². The lowest BCUT2D eigenvalue weighted by Crippen LogP contribution is -2.28. The molecule has 0 spiro atoms. The van der Waals surface area contributed by atoms with Crippen molar-refractivity contribution in [1.29, 1.82) is 0 Å². The molecule has 0 N–H and O–H groups in total. The first-order chi connectivity index (χ1) is 7.58. The fourth-order valence-corrected chi connectivity index (χ4v) is 2.22. The highest BCUT2D eigenvalue weighted by Gasteiger charge is 2.30. The molecule has 1 aromatic rings. The van der Waals surface area contributed by atoms with Gasteiger partial charge in [-0.2, -0.15) is 0 Å². The Balaban J connectivity index is 2.28. The number of carbonyl (C=O) groups is 1. The van der Waals surface area contributed by atoms with E-state index in [0.29, 0.717) is 5.57 Å². The third kappa shape index (κ3) is 2.19. The van der Waals surface area contributed by atoms with Crippen molar-refractivity contribution in [3.8, 4) is 0 Å². The van der Waals surface area contributed by atoms with Gasteiger partial charge in [0.2, 0.25) is 0 Å². The van der Waals surface area contributed by atoms with Crippen LogP contribution in [0.2, 0.25) is 0 Å². The second-order valence-electron chi connectivity index (χ2n) is 4.08. The van der Waals surface area contributed by atoms with Crippen molar-refractivity contribution < 1.29 is 9.53 Å². The molecule has 2 nitrogen and oxygen atoms in total. The molecule has 1 saturated heterocycles. The van der Waals surface area contributed by atoms with Gasteiger partial charge in [-0.1, -0.05) is 34.6 Å². The summed E-state index contributed by atoms with van der Waals surface area (Å²) in [5.41, 5.74) is 1.68. The Kier molecular flexibility index (Phi) is 3.15. The molecule has 16 heavy (non-hydrogen) atoms. The van der Waals surface area contributed by atoms with E-state index in [1.165, 1.54) is 0 Å². The number of hydrogen-bond acceptors (Lipinski definition) is 2. The largest absolute Gasteiger partial charge is 0.459 e. The van der Waals surface area contributed by atoms with Gasteiger partial charge in [-0.15, -0.1) is 0 Å². The molecule has 2 rings (SSSR count). The number of esters is 1. The van der Waals surface area contributed by atoms with E-state index in [0.717, 1.165) is 16.5 Å². The van der Waals surface area contributed by atoms with Crippen LogP contribution in [0.3, 0.4) is 0 Å². The summed E-state index contributed by atoms with van der Waals surface area (Å²) in [4.78, 5) is 11.5. The molecule has 0 saturated carbocycles. The van der Waals surface area contributed by atoms with Gasteiger partial charge in [0.25, 0.3) is 0 Å². The van der Waals surface area contributed by atoms with Gasteiger partial charge in [-0.25, -0.2) is 4.79 Å². The first kappa shape index (κ1) is 11.4. The number of carbonyl (C=O) groups excluding carboxylic acids is 1. The Labute approximate surface area is 103 Å². The van der Waals surface area contributed by atoms with Gasteiger partial charge in [0, 0.05) is 16.0 Å². The number of rotatable bonds is 1. The average Bonchev–Trinajstić information content (AvgIpc) is 2.25. The first-order valence-electron chi connectivity index (χ1n) is 5.23. The van der Waals surface area contributed by atoms with E-state index < -0.39 is 0 Å². The van der Waals surface area contributed by atoms with E-state index in [1.54, 1.807) is 0 Å². The number of hydrogen-bond donors (Lipinski definition) is 0. The minimum absolute atomic E-state index is 0.0355. The molecule has 1 aliphatic rings. The highest BCUT2D eigenvalue weighted by Crippen LogP contribution is 2.34. The van der Waals surface area contributed by atoms with Gasteiger partial charge in [0.1, 0.15) is 6.10 Å². The zero-order valence-corrected chi connectivity index (χ0v) is 10.7. The molecule has 0 unspecified atom stereocenters. The molecule has 0 bridgehead atoms. The fraction of sp³-hybridized carbons (Fsp3) is 0.308. The first-order valence-corrected chi connectivity index (χ1v) is 6.02. The van der Waals surface area contributed by atoms with Crippen LogP contribution in [-0.4, -0.2) is 12.1 Å². The second-order valence-corrected chi connectivity index (χ2v) is 5.00. The predicted molar refractivity (Wildman–Crippen MR) is 66.2 cm³/mol. The summed E-state index contributed by atoms with van der Waals surface area (Å²) in [5.74, 6) is -0.184. The van der Waals surface area contributed by atoms with Crippen molar-refractivity contribution in [2.45, 2.75) is 25.4 Å². The smallest absolute Gasteiger partial charge is 0.334 e. The normalized spacial score (nSPS) is 25.4. The predicted octanol–water partition coefficient (Wildman–Crippen LogP) is 3.42. The maximum absolute atomic E-state index is 11.5. The molecular formula is C13H13BrO2. The Morgan fingerprint density at radius 2 is 2.00 bits per heavy atom. The summed E-state index contributed by atoms with van der Waals surface area (Å²) in [6, 6.07) is 8.00. The van der Waals surface area contributed by atoms with Gasteiger partial charge >= 0.3 is 5.97 Å². The molecule has 1 aliphatic heterocycles. The zero-order chi connectivity index (χ0) is 11.7. The van der Waals surface area contributed by atoms with Crippen molar-refractivity contribution in [3.05, 3.63) is 46.5 Å². The number of halogens is 1. The average molecular weight is 281 g/mol. The van der Waals surface area contributed by atoms with Gasteiger partial charge in [-0.3, -0.25) is 0 Å². The van der Waals surface area contributed by atoms with Crippen molar-refractivity contribution >= 4 is 21.9 Å². The Morgan fingerprint density at radius 3 is 2.62 bits per heavy atom. The molecule has 0 aromatic heterocycles. The van der Waals surface area contributed by atoms with Gasteiger partial charge < -0.3 is 4.74 Å². The van der Waals surface area contributed by atoms with Crippen molar-refractivity contribution in [3.63, 3.8) is 0 Å². The third-order valence-corrected chi connectivity index (χ3v) is 3.36. The molecule has 84 valence electrons. The molecule has 0 aliphatic carbocycles. The Morgan fingerprint density at radius 1 is 1.38 bits per heavy atom. The molecule has 1 heterocycles. The van der Waals surface area contributed by atoms with Crippen molar-refractivity contribution in [2.24, 2.45) is 0 Å². The summed E-state index contributed by atoms with van der Waals surface area (Å²) < 4.78 is 6.16. The topological polar surface area (TPSA) is 26.3 Å². The van der Waals surface area contributed by atoms with Crippen LogP contribution in [0.25, 0.3) is 0 Å². The van der Waals surface area contributed by atoms with Gasteiger partial charge in [0.15, 0.2) is 0 Å². The van der Waals surface area contributed by atoms with Crippen LogP contribution < -0.4 is 0 Å². The van der Waals surface area contributed by atoms with E-state index in [-0.39, 0.29) is 18.0 Å². The standard InChI is InChI=1S/C13H13BrO2/c1-8-7-12(9(2)13(15)16-8)10-3-5-11(14)6-4-10/h3-6,8,12H,2,7H2,1H3/t8-,12-/m0/s1. The molecule has 1 fully saturated rings. The second kappa shape index (κ2) is 4.42. The minimum atomic E-state index is -0.272. The van der Waals surface area contributed by atoms with Crippen LogP contribution in [0.4, 0.5) is 0 Å². The summed E-state index contributed by atoms with van der Waals surface area (Å²) in [6.07, 6.45) is 0.776. The molecule has 0 radical (unpaired) electrons. The number of ether oxygens (including phenoxy) is 1. The Bertz CT molecular complexity index is 422. The summed E-state index contributed by atoms with van der Waals surface area (Å²) in [6.45, 7) is 5.74. The fourth-order valence-electron chi connectivity index (χ4n) is 1.96. The highest BCUT2D eigenvalue weighted by molar-refractivity contribution is 9.10. The van der Waals surface area contributed by atoms with E-state index >= 15 is 0 Å². The molecule has 1 aromatic carbocycles. The number of benzene rings is 1. The lowest BCUT2D eigenvalue weighted by Gasteiger charge is -2.28. The summed E-state index contributed by atoms with van der Waals surface area (Å²) in [5, 5.41) is 0. The monoisotopic (exact) mass is 280 g/mol. The third-order valence-electron chi connectivity index (χ3n) is 2.83. The van der Waals surface area contributed by atoms with Crippen LogP contribution in [0.5, 0.6) is 0 Å². The molecule has 3 heteroatoms. The summed E-state index contributed by atoms with van der Waals surface area (Å²) >= 11 is 3.39. The van der Waals surface area contributed by atoms with Crippen LogP contribution in [0.15, 0.2) is 40.9 Å². The van der Waals surface area contributed by atoms with Gasteiger partial charge in [-0.05, 0) is 31.0 Å². The van der Waals surface area contributed by atoms with Crippen LogP contribution in [0, 0.1) is 0 Å². The molecular weight excluding hydrogens is 268 g/mol. The van der Waals surface area contributed by atoms with E-state index in [1.807, 2.05) is 31.2 Å². The maximum Gasteiger partial charge on any atom is 0.334 e. The summed E-state index contributed by atoms with van der Waals surface area (Å²) in [7, 11) is 0. The minimum Gasteiger partial charge on any atom is -0.459 e. The van der Waals surface area contributed by atoms with Gasteiger partial charge in [0.05, 0.1) is 0 Å². The van der Waals surface area contributed by atoms with E-state index in [2.05, 4.69) is 22.5 Å². The SMILES string of the molecule is C=C1C(=O)O[C@@H](C)C[C@@H]1c1ccc(Br)cc1. The Hall–Kier alpha value is -1.09. The van der Waals surface area contributed by atoms with E-state index in [9.17, 15) is 4.79 Å².